The van der Waals surface area contributed by atoms with Gasteiger partial charge >= 0.3 is 0 Å². The number of rotatable bonds is 4. The summed E-state index contributed by atoms with van der Waals surface area (Å²) in [5, 5.41) is 17.0. The second-order valence-electron chi connectivity index (χ2n) is 9.16. The number of anilines is 1. The molecule has 2 N–H and O–H groups in total. The molecule has 1 aliphatic rings. The van der Waals surface area contributed by atoms with Crippen molar-refractivity contribution in [2.45, 2.75) is 51.3 Å². The molecule has 8 heteroatoms. The van der Waals surface area contributed by atoms with Crippen LogP contribution < -0.4 is 5.32 Å². The molecule has 29 heavy (non-hydrogen) atoms. The van der Waals surface area contributed by atoms with Crippen LogP contribution in [0.25, 0.3) is 11.0 Å². The van der Waals surface area contributed by atoms with E-state index in [0.29, 0.717) is 17.6 Å². The van der Waals surface area contributed by atoms with Crippen molar-refractivity contribution in [3.63, 3.8) is 0 Å². The molecule has 1 saturated heterocycles. The smallest absolute Gasteiger partial charge is 0.274 e. The summed E-state index contributed by atoms with van der Waals surface area (Å²) in [7, 11) is 2.11. The Bertz CT molecular complexity index is 895. The average Bonchev–Trinajstić information content (AvgIpc) is 3.09. The van der Waals surface area contributed by atoms with Crippen LogP contribution >= 0.6 is 24.0 Å². The minimum atomic E-state index is -0.0399. The van der Waals surface area contributed by atoms with Gasteiger partial charge in [-0.15, -0.1) is 11.8 Å². The van der Waals surface area contributed by atoms with Crippen LogP contribution in [0.5, 0.6) is 0 Å². The van der Waals surface area contributed by atoms with E-state index in [1.165, 1.54) is 10.5 Å². The normalized spacial score (nSPS) is 17.6. The first-order chi connectivity index (χ1) is 13.5. The second-order valence-corrected chi connectivity index (χ2v) is 10.7. The number of thiocarbonyl (C=S) groups is 1. The number of piperazine rings is 1. The monoisotopic (exact) mass is 435 g/mol. The fraction of sp³-hybridized carbons (Fsp3) is 0.619. The number of hydrogen-bond acceptors (Lipinski definition) is 5. The molecule has 0 amide bonds. The maximum atomic E-state index is 11.6. The maximum absolute atomic E-state index is 11.6. The van der Waals surface area contributed by atoms with Crippen molar-refractivity contribution in [3.05, 3.63) is 22.7 Å². The number of nitrogens with one attached hydrogen (secondary N) is 2. The summed E-state index contributed by atoms with van der Waals surface area (Å²) in [6, 6.07) is 2.14. The molecule has 0 unspecified atom stereocenters. The van der Waals surface area contributed by atoms with Gasteiger partial charge in [-0.3, -0.25) is 4.48 Å². The fourth-order valence-electron chi connectivity index (χ4n) is 3.48. The Morgan fingerprint density at radius 3 is 2.62 bits per heavy atom. The summed E-state index contributed by atoms with van der Waals surface area (Å²) in [5.41, 5.74) is 4.24. The lowest BCUT2D eigenvalue weighted by molar-refractivity contribution is -0.823. The highest BCUT2D eigenvalue weighted by molar-refractivity contribution is 7.99. The molecule has 6 nitrogen and oxygen atoms in total. The largest absolute Gasteiger partial charge is 0.785 e. The molecule has 1 aromatic heterocycles. The molecule has 1 aliphatic heterocycles. The number of nitrogens with zero attached hydrogens (tertiary/aromatic N) is 3. The van der Waals surface area contributed by atoms with Gasteiger partial charge in [0.05, 0.1) is 36.9 Å². The first-order valence-corrected chi connectivity index (χ1v) is 11.7. The Hall–Kier alpha value is -1.19. The Labute approximate surface area is 183 Å². The van der Waals surface area contributed by atoms with E-state index in [9.17, 15) is 5.21 Å². The van der Waals surface area contributed by atoms with E-state index < -0.39 is 0 Å². The summed E-state index contributed by atoms with van der Waals surface area (Å²) in [6.45, 7) is 13.3. The van der Waals surface area contributed by atoms with Crippen LogP contribution in [0.2, 0.25) is 0 Å². The molecular formula is C21H33N5OS2. The molecule has 0 bridgehead atoms. The molecule has 1 fully saturated rings. The van der Waals surface area contributed by atoms with E-state index >= 15 is 0 Å². The standard InChI is InChI=1S/C21H33N5OS2/c1-7-12-29-18-14(2)17-15(22-19(24-17)21(3,4)5)13-16(18)23-20(28)26(6)10-8-25(27)9-11-26/h13H,7-12H2,1-6H3,(H,22,24)(H,23,28). The molecule has 2 heterocycles. The van der Waals surface area contributed by atoms with Gasteiger partial charge in [0.25, 0.3) is 5.11 Å². The van der Waals surface area contributed by atoms with Gasteiger partial charge in [0, 0.05) is 35.6 Å². The zero-order valence-corrected chi connectivity index (χ0v) is 20.0. The lowest BCUT2D eigenvalue weighted by Crippen LogP contribution is -2.60. The second kappa shape index (κ2) is 8.51. The molecule has 3 rings (SSSR count). The van der Waals surface area contributed by atoms with E-state index in [-0.39, 0.29) is 5.41 Å². The van der Waals surface area contributed by atoms with Crippen LogP contribution in [0.15, 0.2) is 11.0 Å². The van der Waals surface area contributed by atoms with Crippen molar-refractivity contribution in [1.29, 1.82) is 0 Å². The summed E-state index contributed by atoms with van der Waals surface area (Å²) < 4.78 is 0.596. The third kappa shape index (κ3) is 4.77. The van der Waals surface area contributed by atoms with Crippen molar-refractivity contribution in [2.24, 2.45) is 0 Å². The van der Waals surface area contributed by atoms with Gasteiger partial charge in [0.15, 0.2) is 0 Å². The predicted octanol–water partition coefficient (Wildman–Crippen LogP) is 4.63. The Balaban J connectivity index is 1.99. The molecule has 0 radical (unpaired) electrons. The minimum Gasteiger partial charge on any atom is -0.785 e. The Morgan fingerprint density at radius 2 is 2.03 bits per heavy atom. The molecule has 160 valence electrons. The zero-order valence-electron chi connectivity index (χ0n) is 18.4. The Morgan fingerprint density at radius 1 is 1.38 bits per heavy atom. The summed E-state index contributed by atoms with van der Waals surface area (Å²) in [4.78, 5) is 9.63. The SMILES string of the molecule is CCCSc1c(NC(=S)[N+]2(C)CCN([O-])CC2)cc2[nH]c(C(C)(C)C)nc2c1C. The number of aromatic amines is 1. The van der Waals surface area contributed by atoms with E-state index in [1.54, 1.807) is 0 Å². The summed E-state index contributed by atoms with van der Waals surface area (Å²) in [6.07, 6.45) is 1.10. The molecular weight excluding hydrogens is 402 g/mol. The highest BCUT2D eigenvalue weighted by Gasteiger charge is 2.32. The summed E-state index contributed by atoms with van der Waals surface area (Å²) >= 11 is 7.67. The number of hydroxylamine groups is 2. The number of quaternary nitrogens is 1. The lowest BCUT2D eigenvalue weighted by atomic mass is 9.96. The van der Waals surface area contributed by atoms with Crippen LogP contribution in [-0.2, 0) is 5.41 Å². The van der Waals surface area contributed by atoms with Gasteiger partial charge in [-0.05, 0) is 30.7 Å². The van der Waals surface area contributed by atoms with E-state index in [0.717, 1.165) is 58.0 Å². The van der Waals surface area contributed by atoms with Crippen LogP contribution in [-0.4, -0.2) is 63.6 Å². The van der Waals surface area contributed by atoms with Gasteiger partial charge < -0.3 is 20.6 Å². The number of likely N-dealkylation sites (N-methyl/N-ethyl adjacent to an activating group) is 1. The number of aryl methyl sites for hydroxylation is 1. The topological polar surface area (TPSA) is 67.0 Å². The highest BCUT2D eigenvalue weighted by Crippen LogP contribution is 2.37. The minimum absolute atomic E-state index is 0.0399. The van der Waals surface area contributed by atoms with Crippen molar-refractivity contribution in [2.75, 3.05) is 44.3 Å². The summed E-state index contributed by atoms with van der Waals surface area (Å²) in [5.74, 6) is 2.04. The maximum Gasteiger partial charge on any atom is 0.274 e. The molecule has 0 saturated carbocycles. The third-order valence-corrected chi connectivity index (χ3v) is 7.51. The fourth-order valence-corrected chi connectivity index (χ4v) is 4.76. The van der Waals surface area contributed by atoms with Crippen molar-refractivity contribution in [3.8, 4) is 0 Å². The van der Waals surface area contributed by atoms with Crippen LogP contribution in [0, 0.1) is 12.1 Å². The van der Waals surface area contributed by atoms with E-state index in [2.05, 4.69) is 58.0 Å². The zero-order chi connectivity index (χ0) is 21.4. The molecule has 0 aliphatic carbocycles. The van der Waals surface area contributed by atoms with Crippen molar-refractivity contribution in [1.82, 2.24) is 15.0 Å². The average molecular weight is 436 g/mol. The Kier molecular flexibility index (Phi) is 6.60. The number of aromatic nitrogens is 2. The number of imidazole rings is 1. The quantitative estimate of drug-likeness (QED) is 0.415. The molecule has 1 aromatic carbocycles. The molecule has 2 aromatic rings. The van der Waals surface area contributed by atoms with Gasteiger partial charge in [-0.2, -0.15) is 0 Å². The number of hydrogen-bond donors (Lipinski definition) is 2. The number of thioether (sulfide) groups is 1. The van der Waals surface area contributed by atoms with E-state index in [1.807, 2.05) is 11.8 Å². The van der Waals surface area contributed by atoms with Crippen molar-refractivity contribution < 1.29 is 4.48 Å². The number of benzene rings is 1. The first-order valence-electron chi connectivity index (χ1n) is 10.3. The molecule has 0 atom stereocenters. The predicted molar refractivity (Wildman–Crippen MR) is 128 cm³/mol. The first kappa shape index (κ1) is 22.5. The highest BCUT2D eigenvalue weighted by atomic mass is 32.2. The van der Waals surface area contributed by atoms with Crippen molar-refractivity contribution >= 4 is 45.8 Å². The van der Waals surface area contributed by atoms with Gasteiger partial charge in [0.2, 0.25) is 0 Å². The van der Waals surface area contributed by atoms with Crippen LogP contribution in [0.3, 0.4) is 0 Å². The van der Waals surface area contributed by atoms with Crippen LogP contribution in [0.4, 0.5) is 5.69 Å². The van der Waals surface area contributed by atoms with E-state index in [4.69, 9.17) is 17.2 Å². The lowest BCUT2D eigenvalue weighted by Gasteiger charge is -2.43. The number of fused-ring (bicyclic) bond motifs is 1. The third-order valence-electron chi connectivity index (χ3n) is 5.54. The van der Waals surface area contributed by atoms with Gasteiger partial charge in [-0.25, -0.2) is 4.98 Å². The number of H-pyrrole nitrogens is 1. The molecule has 0 spiro atoms. The van der Waals surface area contributed by atoms with Gasteiger partial charge in [0.1, 0.15) is 5.82 Å². The van der Waals surface area contributed by atoms with Crippen LogP contribution in [0.1, 0.15) is 45.5 Å². The van der Waals surface area contributed by atoms with Gasteiger partial charge in [-0.1, -0.05) is 27.7 Å².